The topological polar surface area (TPSA) is 62.2 Å². The van der Waals surface area contributed by atoms with Crippen molar-refractivity contribution in [3.8, 4) is 16.9 Å². The molecule has 0 fully saturated rings. The maximum atomic E-state index is 12.6. The van der Waals surface area contributed by atoms with Crippen LogP contribution >= 0.6 is 0 Å². The molecule has 0 aliphatic heterocycles. The van der Waals surface area contributed by atoms with Crippen LogP contribution in [0.5, 0.6) is 5.75 Å². The molecule has 4 rings (SSSR count). The number of pyridine rings is 1. The Labute approximate surface area is 150 Å². The lowest BCUT2D eigenvalue weighted by Crippen LogP contribution is -2.12. The molecule has 4 heteroatoms. The van der Waals surface area contributed by atoms with Crippen LogP contribution in [0.1, 0.15) is 10.4 Å². The van der Waals surface area contributed by atoms with Crippen LogP contribution in [0, 0.1) is 0 Å². The summed E-state index contributed by atoms with van der Waals surface area (Å²) < 4.78 is 0. The van der Waals surface area contributed by atoms with Crippen molar-refractivity contribution in [2.45, 2.75) is 0 Å². The Kier molecular flexibility index (Phi) is 4.07. The highest BCUT2D eigenvalue weighted by atomic mass is 16.3. The molecule has 0 aliphatic carbocycles. The first-order valence-corrected chi connectivity index (χ1v) is 8.26. The van der Waals surface area contributed by atoms with E-state index in [9.17, 15) is 9.90 Å². The first-order chi connectivity index (χ1) is 12.7. The third-order valence-electron chi connectivity index (χ3n) is 4.25. The van der Waals surface area contributed by atoms with E-state index in [-0.39, 0.29) is 11.7 Å². The van der Waals surface area contributed by atoms with E-state index < -0.39 is 0 Å². The van der Waals surface area contributed by atoms with E-state index >= 15 is 0 Å². The van der Waals surface area contributed by atoms with Gasteiger partial charge >= 0.3 is 0 Å². The van der Waals surface area contributed by atoms with Gasteiger partial charge in [-0.2, -0.15) is 0 Å². The summed E-state index contributed by atoms with van der Waals surface area (Å²) >= 11 is 0. The van der Waals surface area contributed by atoms with E-state index in [1.807, 2.05) is 48.5 Å². The average molecular weight is 340 g/mol. The van der Waals surface area contributed by atoms with Crippen molar-refractivity contribution in [2.75, 3.05) is 5.32 Å². The van der Waals surface area contributed by atoms with Crippen molar-refractivity contribution in [2.24, 2.45) is 0 Å². The lowest BCUT2D eigenvalue weighted by molar-refractivity contribution is 0.102. The van der Waals surface area contributed by atoms with Gasteiger partial charge in [-0.25, -0.2) is 0 Å². The molecule has 0 atom stereocenters. The van der Waals surface area contributed by atoms with Gasteiger partial charge in [0.1, 0.15) is 11.3 Å². The second-order valence-corrected chi connectivity index (χ2v) is 5.93. The molecule has 0 radical (unpaired) electrons. The Morgan fingerprint density at radius 3 is 2.31 bits per heavy atom. The zero-order valence-corrected chi connectivity index (χ0v) is 13.9. The second kappa shape index (κ2) is 6.69. The summed E-state index contributed by atoms with van der Waals surface area (Å²) in [7, 11) is 0. The molecule has 0 saturated carbocycles. The molecule has 1 heterocycles. The maximum absolute atomic E-state index is 12.6. The number of phenols is 1. The van der Waals surface area contributed by atoms with E-state index in [4.69, 9.17) is 0 Å². The molecule has 126 valence electrons. The summed E-state index contributed by atoms with van der Waals surface area (Å²) in [4.78, 5) is 16.8. The molecule has 2 N–H and O–H groups in total. The number of fused-ring (bicyclic) bond motifs is 1. The summed E-state index contributed by atoms with van der Waals surface area (Å²) in [6, 6.07) is 24.3. The van der Waals surface area contributed by atoms with E-state index in [1.165, 1.54) is 6.07 Å². The van der Waals surface area contributed by atoms with Gasteiger partial charge < -0.3 is 10.4 Å². The first-order valence-electron chi connectivity index (χ1n) is 8.26. The van der Waals surface area contributed by atoms with Gasteiger partial charge in [0, 0.05) is 17.1 Å². The number of aromatic hydroxyl groups is 1. The van der Waals surface area contributed by atoms with Crippen LogP contribution in [-0.4, -0.2) is 16.0 Å². The predicted octanol–water partition coefficient (Wildman–Crippen LogP) is 4.86. The van der Waals surface area contributed by atoms with E-state index in [1.54, 1.807) is 30.5 Å². The maximum Gasteiger partial charge on any atom is 0.255 e. The van der Waals surface area contributed by atoms with Gasteiger partial charge in [0.15, 0.2) is 0 Å². The number of nitrogens with one attached hydrogen (secondary N) is 1. The Morgan fingerprint density at radius 2 is 1.54 bits per heavy atom. The molecule has 3 aromatic carbocycles. The molecule has 0 bridgehead atoms. The number of anilines is 1. The molecule has 0 unspecified atom stereocenters. The molecule has 26 heavy (non-hydrogen) atoms. The molecule has 0 aliphatic rings. The number of nitrogens with zero attached hydrogens (tertiary/aromatic N) is 1. The number of carbonyl (C=O) groups is 1. The minimum atomic E-state index is -0.208. The van der Waals surface area contributed by atoms with Gasteiger partial charge in [0.25, 0.3) is 5.91 Å². The van der Waals surface area contributed by atoms with Crippen LogP contribution in [0.4, 0.5) is 5.69 Å². The fourth-order valence-corrected chi connectivity index (χ4v) is 2.91. The van der Waals surface area contributed by atoms with Crippen molar-refractivity contribution < 1.29 is 9.90 Å². The highest BCUT2D eigenvalue weighted by Gasteiger charge is 2.11. The van der Waals surface area contributed by atoms with Gasteiger partial charge in [-0.05, 0) is 47.5 Å². The monoisotopic (exact) mass is 340 g/mol. The Hall–Kier alpha value is -3.66. The van der Waals surface area contributed by atoms with E-state index in [2.05, 4.69) is 10.3 Å². The van der Waals surface area contributed by atoms with E-state index in [0.717, 1.165) is 11.1 Å². The predicted molar refractivity (Wildman–Crippen MR) is 103 cm³/mol. The number of amides is 1. The molecule has 1 amide bonds. The SMILES string of the molecule is O=C(Nc1ccc(O)c2ncccc12)c1ccc(-c2ccccc2)cc1. The van der Waals surface area contributed by atoms with Gasteiger partial charge in [-0.1, -0.05) is 42.5 Å². The first kappa shape index (κ1) is 15.8. The second-order valence-electron chi connectivity index (χ2n) is 5.93. The summed E-state index contributed by atoms with van der Waals surface area (Å²) in [5.74, 6) is -0.119. The molecular weight excluding hydrogens is 324 g/mol. The fourth-order valence-electron chi connectivity index (χ4n) is 2.91. The Balaban J connectivity index is 1.60. The van der Waals surface area contributed by atoms with Crippen molar-refractivity contribution in [1.82, 2.24) is 4.98 Å². The quantitative estimate of drug-likeness (QED) is 0.524. The standard InChI is InChI=1S/C22H16N2O2/c25-20-13-12-19(18-7-4-14-23-21(18)20)24-22(26)17-10-8-16(9-11-17)15-5-2-1-3-6-15/h1-14,25H,(H,24,26). The lowest BCUT2D eigenvalue weighted by atomic mass is 10.0. The van der Waals surface area contributed by atoms with Gasteiger partial charge in [-0.15, -0.1) is 0 Å². The third-order valence-corrected chi connectivity index (χ3v) is 4.25. The zero-order chi connectivity index (χ0) is 17.9. The molecule has 0 spiro atoms. The third kappa shape index (κ3) is 3.00. The summed E-state index contributed by atoms with van der Waals surface area (Å²) in [5.41, 5.74) is 3.80. The molecular formula is C22H16N2O2. The number of phenolic OH excluding ortho intramolecular Hbond substituents is 1. The van der Waals surface area contributed by atoms with Crippen LogP contribution in [0.3, 0.4) is 0 Å². The lowest BCUT2D eigenvalue weighted by Gasteiger charge is -2.10. The minimum absolute atomic E-state index is 0.0887. The molecule has 1 aromatic heterocycles. The number of hydrogen-bond acceptors (Lipinski definition) is 3. The fraction of sp³-hybridized carbons (Fsp3) is 0. The molecule has 4 aromatic rings. The number of rotatable bonds is 3. The number of aromatic nitrogens is 1. The van der Waals surface area contributed by atoms with Gasteiger partial charge in [-0.3, -0.25) is 9.78 Å². The van der Waals surface area contributed by atoms with Gasteiger partial charge in [0.05, 0.1) is 5.69 Å². The van der Waals surface area contributed by atoms with Crippen LogP contribution in [0.2, 0.25) is 0 Å². The molecule has 0 saturated heterocycles. The summed E-state index contributed by atoms with van der Waals surface area (Å²) in [5, 5.41) is 13.5. The smallest absolute Gasteiger partial charge is 0.255 e. The average Bonchev–Trinajstić information content (AvgIpc) is 2.71. The molecule has 4 nitrogen and oxygen atoms in total. The van der Waals surface area contributed by atoms with Crippen LogP contribution in [-0.2, 0) is 0 Å². The summed E-state index contributed by atoms with van der Waals surface area (Å²) in [6.45, 7) is 0. The number of benzene rings is 3. The number of carbonyl (C=O) groups excluding carboxylic acids is 1. The Bertz CT molecular complexity index is 1070. The van der Waals surface area contributed by atoms with Gasteiger partial charge in [0.2, 0.25) is 0 Å². The van der Waals surface area contributed by atoms with Crippen molar-refractivity contribution in [3.63, 3.8) is 0 Å². The normalized spacial score (nSPS) is 10.6. The van der Waals surface area contributed by atoms with Crippen molar-refractivity contribution >= 4 is 22.5 Å². The summed E-state index contributed by atoms with van der Waals surface area (Å²) in [6.07, 6.45) is 1.61. The Morgan fingerprint density at radius 1 is 0.808 bits per heavy atom. The van der Waals surface area contributed by atoms with Crippen molar-refractivity contribution in [1.29, 1.82) is 0 Å². The van der Waals surface area contributed by atoms with Crippen LogP contribution in [0.15, 0.2) is 85.1 Å². The van der Waals surface area contributed by atoms with E-state index in [0.29, 0.717) is 22.2 Å². The van der Waals surface area contributed by atoms with Crippen LogP contribution < -0.4 is 5.32 Å². The zero-order valence-electron chi connectivity index (χ0n) is 13.9. The largest absolute Gasteiger partial charge is 0.506 e. The highest BCUT2D eigenvalue weighted by molar-refractivity contribution is 6.09. The number of hydrogen-bond donors (Lipinski definition) is 2. The van der Waals surface area contributed by atoms with Crippen molar-refractivity contribution in [3.05, 3.63) is 90.6 Å². The minimum Gasteiger partial charge on any atom is -0.506 e. The highest BCUT2D eigenvalue weighted by Crippen LogP contribution is 2.29. The van der Waals surface area contributed by atoms with Crippen LogP contribution in [0.25, 0.3) is 22.0 Å².